The lowest BCUT2D eigenvalue weighted by molar-refractivity contribution is -0.0102. The van der Waals surface area contributed by atoms with E-state index in [2.05, 4.69) is 30.8 Å². The topological polar surface area (TPSA) is 50.6 Å². The molecule has 6 nitrogen and oxygen atoms in total. The Morgan fingerprint density at radius 1 is 1.29 bits per heavy atom. The van der Waals surface area contributed by atoms with Crippen molar-refractivity contribution < 1.29 is 9.53 Å². The maximum Gasteiger partial charge on any atom is 0.410 e. The predicted molar refractivity (Wildman–Crippen MR) is 92.7 cm³/mol. The number of nitrogens with zero attached hydrogens (tertiary/aromatic N) is 4. The number of rotatable bonds is 6. The third kappa shape index (κ3) is 3.91. The van der Waals surface area contributed by atoms with Crippen LogP contribution in [0.2, 0.25) is 0 Å². The zero-order valence-corrected chi connectivity index (χ0v) is 15.1. The van der Waals surface area contributed by atoms with Gasteiger partial charge in [0.2, 0.25) is 0 Å². The minimum atomic E-state index is -0.254. The van der Waals surface area contributed by atoms with Crippen LogP contribution in [-0.4, -0.2) is 63.5 Å². The van der Waals surface area contributed by atoms with Gasteiger partial charge in [-0.2, -0.15) is 5.10 Å². The normalized spacial score (nSPS) is 22.3. The van der Waals surface area contributed by atoms with E-state index in [0.29, 0.717) is 12.0 Å². The number of hydrogen-bond donors (Lipinski definition) is 0. The van der Waals surface area contributed by atoms with Crippen LogP contribution in [0.15, 0.2) is 18.5 Å². The SMILES string of the molecule is CC(C)CCN1CC2(CCN([C@@H](C)Cn3cccn3)CC2)OC1=O. The summed E-state index contributed by atoms with van der Waals surface area (Å²) in [6.45, 7) is 11.1. The first-order chi connectivity index (χ1) is 11.5. The molecule has 0 aromatic carbocycles. The van der Waals surface area contributed by atoms with Gasteiger partial charge in [0.1, 0.15) is 5.60 Å². The van der Waals surface area contributed by atoms with E-state index < -0.39 is 0 Å². The van der Waals surface area contributed by atoms with Crippen LogP contribution < -0.4 is 0 Å². The highest BCUT2D eigenvalue weighted by Crippen LogP contribution is 2.34. The maximum atomic E-state index is 12.2. The molecule has 2 fully saturated rings. The molecule has 2 aliphatic heterocycles. The third-order valence-electron chi connectivity index (χ3n) is 5.36. The van der Waals surface area contributed by atoms with Crippen LogP contribution in [0.1, 0.15) is 40.0 Å². The van der Waals surface area contributed by atoms with E-state index in [1.54, 1.807) is 0 Å². The summed E-state index contributed by atoms with van der Waals surface area (Å²) in [7, 11) is 0. The minimum absolute atomic E-state index is 0.117. The summed E-state index contributed by atoms with van der Waals surface area (Å²) in [4.78, 5) is 16.6. The molecule has 0 bridgehead atoms. The quantitative estimate of drug-likeness (QED) is 0.802. The first-order valence-electron chi connectivity index (χ1n) is 9.17. The van der Waals surface area contributed by atoms with Crippen LogP contribution in [0.5, 0.6) is 0 Å². The summed E-state index contributed by atoms with van der Waals surface area (Å²) >= 11 is 0. The van der Waals surface area contributed by atoms with Gasteiger partial charge < -0.3 is 9.64 Å². The van der Waals surface area contributed by atoms with Crippen molar-refractivity contribution in [2.45, 2.75) is 58.2 Å². The number of amides is 1. The summed E-state index contributed by atoms with van der Waals surface area (Å²) in [5.74, 6) is 0.611. The molecular formula is C18H30N4O2. The maximum absolute atomic E-state index is 12.2. The molecule has 0 aliphatic carbocycles. The Bertz CT molecular complexity index is 535. The van der Waals surface area contributed by atoms with Crippen LogP contribution in [0.4, 0.5) is 4.79 Å². The van der Waals surface area contributed by atoms with E-state index >= 15 is 0 Å². The molecule has 0 unspecified atom stereocenters. The van der Waals surface area contributed by atoms with E-state index in [0.717, 1.165) is 52.0 Å². The van der Waals surface area contributed by atoms with Gasteiger partial charge in [0.25, 0.3) is 0 Å². The van der Waals surface area contributed by atoms with Gasteiger partial charge in [0, 0.05) is 50.9 Å². The van der Waals surface area contributed by atoms with Crippen molar-refractivity contribution in [3.63, 3.8) is 0 Å². The van der Waals surface area contributed by atoms with Crippen LogP contribution in [0.3, 0.4) is 0 Å². The summed E-state index contributed by atoms with van der Waals surface area (Å²) in [5.41, 5.74) is -0.254. The van der Waals surface area contributed by atoms with Crippen molar-refractivity contribution in [2.75, 3.05) is 26.2 Å². The number of piperidine rings is 1. The standard InChI is InChI=1S/C18H30N4O2/c1-15(2)5-10-21-14-18(24-17(21)23)6-11-20(12-7-18)16(3)13-22-9-4-8-19-22/h4,8-9,15-16H,5-7,10-14H2,1-3H3/t16-/m0/s1. The van der Waals surface area contributed by atoms with E-state index in [-0.39, 0.29) is 11.7 Å². The van der Waals surface area contributed by atoms with E-state index in [4.69, 9.17) is 4.74 Å². The Morgan fingerprint density at radius 3 is 2.67 bits per heavy atom. The molecule has 0 radical (unpaired) electrons. The Morgan fingerprint density at radius 2 is 2.04 bits per heavy atom. The second kappa shape index (κ2) is 7.13. The van der Waals surface area contributed by atoms with Crippen molar-refractivity contribution in [3.05, 3.63) is 18.5 Å². The second-order valence-electron chi connectivity index (χ2n) is 7.77. The molecule has 1 atom stereocenters. The zero-order chi connectivity index (χ0) is 17.2. The highest BCUT2D eigenvalue weighted by Gasteiger charge is 2.47. The number of hydrogen-bond acceptors (Lipinski definition) is 4. The molecule has 134 valence electrons. The van der Waals surface area contributed by atoms with Crippen LogP contribution in [-0.2, 0) is 11.3 Å². The molecule has 24 heavy (non-hydrogen) atoms. The first kappa shape index (κ1) is 17.3. The number of aromatic nitrogens is 2. The Hall–Kier alpha value is -1.56. The molecule has 3 rings (SSSR count). The smallest absolute Gasteiger partial charge is 0.410 e. The fourth-order valence-electron chi connectivity index (χ4n) is 3.71. The van der Waals surface area contributed by atoms with E-state index in [1.165, 1.54) is 0 Å². The molecule has 6 heteroatoms. The molecule has 1 aromatic heterocycles. The molecular weight excluding hydrogens is 304 g/mol. The average Bonchev–Trinajstić information content (AvgIpc) is 3.14. The molecule has 0 saturated carbocycles. The fourth-order valence-corrected chi connectivity index (χ4v) is 3.71. The van der Waals surface area contributed by atoms with Gasteiger partial charge in [0.05, 0.1) is 13.1 Å². The lowest BCUT2D eigenvalue weighted by Gasteiger charge is -2.40. The molecule has 2 saturated heterocycles. The number of carbonyl (C=O) groups excluding carboxylic acids is 1. The summed E-state index contributed by atoms with van der Waals surface area (Å²) in [6, 6.07) is 2.40. The van der Waals surface area contributed by atoms with Crippen molar-refractivity contribution in [2.24, 2.45) is 5.92 Å². The lowest BCUT2D eigenvalue weighted by Crippen LogP contribution is -2.50. The van der Waals surface area contributed by atoms with Gasteiger partial charge >= 0.3 is 6.09 Å². The molecule has 1 aromatic rings. The van der Waals surface area contributed by atoms with Gasteiger partial charge in [-0.1, -0.05) is 13.8 Å². The molecule has 1 amide bonds. The highest BCUT2D eigenvalue weighted by molar-refractivity contribution is 5.70. The van der Waals surface area contributed by atoms with Crippen molar-refractivity contribution >= 4 is 6.09 Å². The van der Waals surface area contributed by atoms with Crippen LogP contribution in [0.25, 0.3) is 0 Å². The Balaban J connectivity index is 1.50. The van der Waals surface area contributed by atoms with E-state index in [9.17, 15) is 4.79 Å². The van der Waals surface area contributed by atoms with Crippen molar-refractivity contribution in [3.8, 4) is 0 Å². The molecule has 0 N–H and O–H groups in total. The zero-order valence-electron chi connectivity index (χ0n) is 15.1. The van der Waals surface area contributed by atoms with Crippen molar-refractivity contribution in [1.82, 2.24) is 19.6 Å². The summed E-state index contributed by atoms with van der Waals surface area (Å²) < 4.78 is 7.80. The number of ether oxygens (including phenoxy) is 1. The van der Waals surface area contributed by atoms with Gasteiger partial charge in [-0.15, -0.1) is 0 Å². The predicted octanol–water partition coefficient (Wildman–Crippen LogP) is 2.60. The van der Waals surface area contributed by atoms with Gasteiger partial charge in [-0.25, -0.2) is 4.79 Å². The van der Waals surface area contributed by atoms with Crippen molar-refractivity contribution in [1.29, 1.82) is 0 Å². The monoisotopic (exact) mass is 334 g/mol. The van der Waals surface area contributed by atoms with Gasteiger partial charge in [0.15, 0.2) is 0 Å². The minimum Gasteiger partial charge on any atom is -0.441 e. The third-order valence-corrected chi connectivity index (χ3v) is 5.36. The second-order valence-corrected chi connectivity index (χ2v) is 7.77. The highest BCUT2D eigenvalue weighted by atomic mass is 16.6. The van der Waals surface area contributed by atoms with Gasteiger partial charge in [-0.3, -0.25) is 9.58 Å². The Labute approximate surface area is 144 Å². The number of carbonyl (C=O) groups is 1. The largest absolute Gasteiger partial charge is 0.441 e. The molecule has 3 heterocycles. The lowest BCUT2D eigenvalue weighted by atomic mass is 9.90. The van der Waals surface area contributed by atoms with E-state index in [1.807, 2.05) is 28.0 Å². The Kier molecular flexibility index (Phi) is 5.13. The molecule has 2 aliphatic rings. The van der Waals surface area contributed by atoms with Gasteiger partial charge in [-0.05, 0) is 25.3 Å². The summed E-state index contributed by atoms with van der Waals surface area (Å²) in [5, 5.41) is 4.29. The fraction of sp³-hybridized carbons (Fsp3) is 0.778. The summed E-state index contributed by atoms with van der Waals surface area (Å²) in [6.07, 6.45) is 6.61. The first-order valence-corrected chi connectivity index (χ1v) is 9.17. The number of likely N-dealkylation sites (tertiary alicyclic amines) is 1. The van der Waals surface area contributed by atoms with Crippen LogP contribution >= 0.6 is 0 Å². The van der Waals surface area contributed by atoms with Crippen LogP contribution in [0, 0.1) is 5.92 Å². The average molecular weight is 334 g/mol. The molecule has 1 spiro atoms.